The Bertz CT molecular complexity index is 769. The van der Waals surface area contributed by atoms with E-state index in [9.17, 15) is 9.59 Å². The molecular formula is C16H11NO3S2. The fourth-order valence-corrected chi connectivity index (χ4v) is 3.67. The lowest BCUT2D eigenvalue weighted by Gasteiger charge is -2.11. The minimum atomic E-state index is -0.991. The van der Waals surface area contributed by atoms with E-state index in [0.29, 0.717) is 11.3 Å². The van der Waals surface area contributed by atoms with E-state index in [-0.39, 0.29) is 11.5 Å². The van der Waals surface area contributed by atoms with Gasteiger partial charge in [0.2, 0.25) is 0 Å². The number of amides is 1. The first-order chi connectivity index (χ1) is 10.6. The van der Waals surface area contributed by atoms with E-state index in [4.69, 9.17) is 5.11 Å². The second kappa shape index (κ2) is 6.29. The van der Waals surface area contributed by atoms with Crippen molar-refractivity contribution < 1.29 is 14.7 Å². The molecule has 1 amide bonds. The molecule has 2 aromatic rings. The molecule has 0 aromatic heterocycles. The molecule has 0 saturated heterocycles. The molecule has 1 heterocycles. The van der Waals surface area contributed by atoms with Crippen LogP contribution in [0.5, 0.6) is 0 Å². The van der Waals surface area contributed by atoms with Crippen LogP contribution >= 0.6 is 23.5 Å². The molecule has 2 aromatic carbocycles. The zero-order chi connectivity index (χ0) is 15.5. The smallest absolute Gasteiger partial charge is 0.335 e. The number of carboxylic acids is 1. The van der Waals surface area contributed by atoms with Crippen molar-refractivity contribution in [1.82, 2.24) is 0 Å². The summed E-state index contributed by atoms with van der Waals surface area (Å²) >= 11 is 3.21. The molecule has 1 aliphatic heterocycles. The Morgan fingerprint density at radius 3 is 2.18 bits per heavy atom. The van der Waals surface area contributed by atoms with Gasteiger partial charge in [-0.25, -0.2) is 4.79 Å². The number of carboxylic acid groups (broad SMARTS) is 1. The van der Waals surface area contributed by atoms with Crippen molar-refractivity contribution in [2.45, 2.75) is 9.79 Å². The average Bonchev–Trinajstić information content (AvgIpc) is 2.55. The van der Waals surface area contributed by atoms with Crippen molar-refractivity contribution in [3.8, 4) is 0 Å². The van der Waals surface area contributed by atoms with Crippen LogP contribution in [-0.2, 0) is 0 Å². The second-order valence-corrected chi connectivity index (χ2v) is 6.40. The number of thioether (sulfide) groups is 2. The van der Waals surface area contributed by atoms with E-state index in [0.717, 1.165) is 9.79 Å². The molecule has 0 spiro atoms. The quantitative estimate of drug-likeness (QED) is 0.878. The van der Waals surface area contributed by atoms with Crippen LogP contribution < -0.4 is 5.32 Å². The Balaban J connectivity index is 1.76. The number of anilines is 1. The SMILES string of the molecule is O=C(O)c1ccc(NC(=O)c2ccc3c(c2)SC=CS3)cc1. The predicted octanol–water partition coefficient (Wildman–Crippen LogP) is 4.31. The van der Waals surface area contributed by atoms with Crippen molar-refractivity contribution in [2.75, 3.05) is 5.32 Å². The third-order valence-corrected chi connectivity index (χ3v) is 5.09. The van der Waals surface area contributed by atoms with Crippen molar-refractivity contribution in [1.29, 1.82) is 0 Å². The number of carbonyl (C=O) groups is 2. The Labute approximate surface area is 135 Å². The summed E-state index contributed by atoms with van der Waals surface area (Å²) in [6.45, 7) is 0. The second-order valence-electron chi connectivity index (χ2n) is 4.51. The number of hydrogen-bond donors (Lipinski definition) is 2. The van der Waals surface area contributed by atoms with Crippen molar-refractivity contribution >= 4 is 41.1 Å². The largest absolute Gasteiger partial charge is 0.478 e. The number of rotatable bonds is 3. The van der Waals surface area contributed by atoms with Crippen LogP contribution in [0.2, 0.25) is 0 Å². The fourth-order valence-electron chi connectivity index (χ4n) is 1.94. The van der Waals surface area contributed by atoms with E-state index in [1.807, 2.05) is 22.9 Å². The van der Waals surface area contributed by atoms with Crippen LogP contribution in [0.4, 0.5) is 5.69 Å². The lowest BCUT2D eigenvalue weighted by atomic mass is 10.2. The minimum Gasteiger partial charge on any atom is -0.478 e. The molecule has 0 aliphatic carbocycles. The summed E-state index contributed by atoms with van der Waals surface area (Å²) in [7, 11) is 0. The van der Waals surface area contributed by atoms with Crippen molar-refractivity contribution in [3.05, 3.63) is 64.4 Å². The molecule has 0 unspecified atom stereocenters. The number of benzene rings is 2. The van der Waals surface area contributed by atoms with E-state index in [2.05, 4.69) is 5.32 Å². The summed E-state index contributed by atoms with van der Waals surface area (Å²) in [6.07, 6.45) is 0. The van der Waals surface area contributed by atoms with Crippen LogP contribution in [0.25, 0.3) is 0 Å². The third kappa shape index (κ3) is 3.18. The van der Waals surface area contributed by atoms with Gasteiger partial charge in [-0.15, -0.1) is 0 Å². The summed E-state index contributed by atoms with van der Waals surface area (Å²) < 4.78 is 0. The van der Waals surface area contributed by atoms with Crippen LogP contribution in [0.3, 0.4) is 0 Å². The molecule has 0 atom stereocenters. The van der Waals surface area contributed by atoms with Crippen LogP contribution in [0.15, 0.2) is 63.1 Å². The molecule has 3 rings (SSSR count). The van der Waals surface area contributed by atoms with Gasteiger partial charge in [0.05, 0.1) is 5.56 Å². The van der Waals surface area contributed by atoms with Gasteiger partial charge in [0.15, 0.2) is 0 Å². The Kier molecular flexibility index (Phi) is 4.22. The van der Waals surface area contributed by atoms with E-state index in [1.165, 1.54) is 12.1 Å². The standard InChI is InChI=1S/C16H11NO3S2/c18-15(17-12-4-1-10(2-5-12)16(19)20)11-3-6-13-14(9-11)22-8-7-21-13/h1-9H,(H,17,18)(H,19,20). The third-order valence-electron chi connectivity index (χ3n) is 3.04. The molecule has 4 nitrogen and oxygen atoms in total. The fraction of sp³-hybridized carbons (Fsp3) is 0. The van der Waals surface area contributed by atoms with Crippen molar-refractivity contribution in [2.24, 2.45) is 0 Å². The number of aromatic carboxylic acids is 1. The van der Waals surface area contributed by atoms with E-state index >= 15 is 0 Å². The number of hydrogen-bond acceptors (Lipinski definition) is 4. The summed E-state index contributed by atoms with van der Waals surface area (Å²) in [4.78, 5) is 25.2. The van der Waals surface area contributed by atoms with Gasteiger partial charge < -0.3 is 10.4 Å². The summed E-state index contributed by atoms with van der Waals surface area (Å²) in [5.74, 6) is -1.21. The van der Waals surface area contributed by atoms with Crippen molar-refractivity contribution in [3.63, 3.8) is 0 Å². The maximum atomic E-state index is 12.3. The molecule has 2 N–H and O–H groups in total. The van der Waals surface area contributed by atoms with Gasteiger partial charge in [-0.2, -0.15) is 0 Å². The summed E-state index contributed by atoms with van der Waals surface area (Å²) in [5, 5.41) is 15.6. The molecule has 1 aliphatic rings. The minimum absolute atomic E-state index is 0.187. The number of carbonyl (C=O) groups excluding carboxylic acids is 1. The first-order valence-corrected chi connectivity index (χ1v) is 8.16. The topological polar surface area (TPSA) is 66.4 Å². The molecular weight excluding hydrogens is 318 g/mol. The average molecular weight is 329 g/mol. The molecule has 110 valence electrons. The highest BCUT2D eigenvalue weighted by molar-refractivity contribution is 8.08. The van der Waals surface area contributed by atoms with Gasteiger partial charge in [0, 0.05) is 21.0 Å². The maximum Gasteiger partial charge on any atom is 0.335 e. The highest BCUT2D eigenvalue weighted by Crippen LogP contribution is 2.37. The first-order valence-electron chi connectivity index (χ1n) is 6.40. The Hall–Kier alpha value is -2.18. The molecule has 22 heavy (non-hydrogen) atoms. The van der Waals surface area contributed by atoms with Gasteiger partial charge in [-0.3, -0.25) is 4.79 Å². The van der Waals surface area contributed by atoms with Crippen LogP contribution in [0, 0.1) is 0 Å². The van der Waals surface area contributed by atoms with Gasteiger partial charge >= 0.3 is 5.97 Å². The zero-order valence-electron chi connectivity index (χ0n) is 11.3. The zero-order valence-corrected chi connectivity index (χ0v) is 12.9. The summed E-state index contributed by atoms with van der Waals surface area (Å²) in [5.41, 5.74) is 1.33. The number of fused-ring (bicyclic) bond motifs is 1. The van der Waals surface area contributed by atoms with Gasteiger partial charge in [0.1, 0.15) is 0 Å². The van der Waals surface area contributed by atoms with Crippen LogP contribution in [-0.4, -0.2) is 17.0 Å². The highest BCUT2D eigenvalue weighted by Gasteiger charge is 2.12. The van der Waals surface area contributed by atoms with Gasteiger partial charge in [-0.05, 0) is 53.3 Å². The molecule has 0 fully saturated rings. The van der Waals surface area contributed by atoms with Crippen LogP contribution in [0.1, 0.15) is 20.7 Å². The highest BCUT2D eigenvalue weighted by atomic mass is 32.2. The maximum absolute atomic E-state index is 12.3. The predicted molar refractivity (Wildman–Crippen MR) is 88.7 cm³/mol. The Morgan fingerprint density at radius 2 is 1.50 bits per heavy atom. The lowest BCUT2D eigenvalue weighted by molar-refractivity contribution is 0.0696. The first kappa shape index (κ1) is 14.7. The molecule has 0 saturated carbocycles. The summed E-state index contributed by atoms with van der Waals surface area (Å²) in [6, 6.07) is 11.6. The van der Waals surface area contributed by atoms with Gasteiger partial charge in [-0.1, -0.05) is 23.5 Å². The molecule has 6 heteroatoms. The number of nitrogens with one attached hydrogen (secondary N) is 1. The molecule has 0 radical (unpaired) electrons. The lowest BCUT2D eigenvalue weighted by Crippen LogP contribution is -2.12. The normalized spacial score (nSPS) is 12.5. The van der Waals surface area contributed by atoms with E-state index in [1.54, 1.807) is 41.7 Å². The molecule has 0 bridgehead atoms. The van der Waals surface area contributed by atoms with E-state index < -0.39 is 5.97 Å². The van der Waals surface area contributed by atoms with Gasteiger partial charge in [0.25, 0.3) is 5.91 Å². The Morgan fingerprint density at radius 1 is 0.864 bits per heavy atom. The monoisotopic (exact) mass is 329 g/mol.